The van der Waals surface area contributed by atoms with Crippen molar-refractivity contribution < 1.29 is 14.9 Å². The van der Waals surface area contributed by atoms with E-state index in [1.54, 1.807) is 18.0 Å². The quantitative estimate of drug-likeness (QED) is 0.879. The van der Waals surface area contributed by atoms with E-state index in [1.807, 2.05) is 30.6 Å². The lowest BCUT2D eigenvalue weighted by atomic mass is 10.0. The van der Waals surface area contributed by atoms with E-state index in [9.17, 15) is 5.11 Å². The van der Waals surface area contributed by atoms with Crippen LogP contribution in [0.15, 0.2) is 48.3 Å². The zero-order valence-corrected chi connectivity index (χ0v) is 12.5. The maximum Gasteiger partial charge on any atom is 0.171 e. The molecule has 22 heavy (non-hydrogen) atoms. The maximum atomic E-state index is 9.82. The third kappa shape index (κ3) is 2.16. The fourth-order valence-electron chi connectivity index (χ4n) is 2.75. The Morgan fingerprint density at radius 3 is 3.14 bits per heavy atom. The Balaban J connectivity index is 1.76. The Bertz CT molecular complexity index is 721. The van der Waals surface area contributed by atoms with E-state index in [4.69, 9.17) is 9.78 Å². The number of pyridine rings is 1. The number of aliphatic hydroxyl groups is 1. The van der Waals surface area contributed by atoms with Gasteiger partial charge in [-0.2, -0.15) is 4.89 Å². The number of hydrogen-bond acceptors (Lipinski definition) is 6. The molecule has 112 valence electrons. The molecule has 0 spiro atoms. The summed E-state index contributed by atoms with van der Waals surface area (Å²) in [5.41, 5.74) is 3.84. The van der Waals surface area contributed by atoms with E-state index < -0.39 is 0 Å². The molecule has 1 aromatic heterocycles. The topological polar surface area (TPSA) is 54.8 Å². The van der Waals surface area contributed by atoms with E-state index in [1.165, 1.54) is 0 Å². The van der Waals surface area contributed by atoms with Gasteiger partial charge in [-0.1, -0.05) is 6.07 Å². The number of fused-ring (bicyclic) bond motifs is 1. The highest BCUT2D eigenvalue weighted by Gasteiger charge is 2.28. The highest BCUT2D eigenvalue weighted by molar-refractivity contribution is 8.02. The minimum Gasteiger partial charge on any atom is -0.392 e. The molecule has 6 heteroatoms. The minimum atomic E-state index is -0.0556. The van der Waals surface area contributed by atoms with Crippen molar-refractivity contribution >= 4 is 17.4 Å². The lowest BCUT2D eigenvalue weighted by molar-refractivity contribution is -0.194. The number of aliphatic hydroxyl groups excluding tert-OH is 1. The van der Waals surface area contributed by atoms with Crippen molar-refractivity contribution in [1.82, 2.24) is 4.98 Å². The van der Waals surface area contributed by atoms with Crippen molar-refractivity contribution in [2.24, 2.45) is 0 Å². The number of thioether (sulfide) groups is 1. The van der Waals surface area contributed by atoms with Gasteiger partial charge in [-0.15, -0.1) is 11.8 Å². The van der Waals surface area contributed by atoms with Gasteiger partial charge >= 0.3 is 0 Å². The molecule has 0 saturated heterocycles. The van der Waals surface area contributed by atoms with E-state index in [0.29, 0.717) is 12.4 Å². The molecule has 1 atom stereocenters. The van der Waals surface area contributed by atoms with Crippen LogP contribution in [0, 0.1) is 0 Å². The molecule has 4 rings (SSSR count). The van der Waals surface area contributed by atoms with Crippen molar-refractivity contribution in [2.75, 3.05) is 4.90 Å². The first-order valence-corrected chi connectivity index (χ1v) is 7.88. The van der Waals surface area contributed by atoms with E-state index in [0.717, 1.165) is 22.4 Å². The fraction of sp³-hybridized carbons (Fsp3) is 0.188. The molecule has 2 aliphatic rings. The summed E-state index contributed by atoms with van der Waals surface area (Å²) in [6.45, 7) is 0.307. The van der Waals surface area contributed by atoms with Crippen molar-refractivity contribution in [2.45, 2.75) is 18.6 Å². The van der Waals surface area contributed by atoms with Gasteiger partial charge in [-0.25, -0.2) is 0 Å². The monoisotopic (exact) mass is 314 g/mol. The Kier molecular flexibility index (Phi) is 3.49. The van der Waals surface area contributed by atoms with Crippen LogP contribution in [0.1, 0.15) is 22.1 Å². The molecule has 2 aromatic rings. The third-order valence-electron chi connectivity index (χ3n) is 3.80. The highest BCUT2D eigenvalue weighted by Crippen LogP contribution is 2.45. The van der Waals surface area contributed by atoms with Crippen LogP contribution in [0.4, 0.5) is 5.69 Å². The van der Waals surface area contributed by atoms with Crippen LogP contribution in [0.2, 0.25) is 0 Å². The summed E-state index contributed by atoms with van der Waals surface area (Å²) in [5, 5.41) is 12.0. The zero-order chi connectivity index (χ0) is 14.9. The summed E-state index contributed by atoms with van der Waals surface area (Å²) in [4.78, 5) is 16.5. The molecule has 0 saturated carbocycles. The van der Waals surface area contributed by atoms with E-state index >= 15 is 0 Å². The second kappa shape index (κ2) is 5.64. The fourth-order valence-corrected chi connectivity index (χ4v) is 3.71. The van der Waals surface area contributed by atoms with Crippen molar-refractivity contribution in [3.05, 3.63) is 65.0 Å². The number of aromatic nitrogens is 1. The predicted molar refractivity (Wildman–Crippen MR) is 84.0 cm³/mol. The van der Waals surface area contributed by atoms with Crippen molar-refractivity contribution in [1.29, 1.82) is 0 Å². The second-order valence-corrected chi connectivity index (χ2v) is 6.00. The molecule has 0 fully saturated rings. The average molecular weight is 314 g/mol. The van der Waals surface area contributed by atoms with E-state index in [-0.39, 0.29) is 12.0 Å². The molecule has 1 unspecified atom stereocenters. The van der Waals surface area contributed by atoms with Crippen LogP contribution in [-0.2, 0) is 18.1 Å². The van der Waals surface area contributed by atoms with Gasteiger partial charge in [0.1, 0.15) is 12.0 Å². The Morgan fingerprint density at radius 1 is 1.36 bits per heavy atom. The molecule has 0 radical (unpaired) electrons. The van der Waals surface area contributed by atoms with Crippen LogP contribution in [0.3, 0.4) is 0 Å². The molecular formula is C16H14N2O3S. The van der Waals surface area contributed by atoms with Gasteiger partial charge in [-0.05, 0) is 23.6 Å². The number of anilines is 1. The summed E-state index contributed by atoms with van der Waals surface area (Å²) in [5.74, 6) is 0.682. The predicted octanol–water partition coefficient (Wildman–Crippen LogP) is 3.12. The number of nitrogens with zero attached hydrogens (tertiary/aromatic N) is 2. The molecule has 0 bridgehead atoms. The van der Waals surface area contributed by atoms with Crippen molar-refractivity contribution in [3.63, 3.8) is 0 Å². The first-order valence-electron chi connectivity index (χ1n) is 6.94. The van der Waals surface area contributed by atoms with Crippen LogP contribution < -0.4 is 9.79 Å². The average Bonchev–Trinajstić information content (AvgIpc) is 3.23. The third-order valence-corrected chi connectivity index (χ3v) is 4.84. The standard InChI is InChI=1S/C16H14N2O3S/c19-9-12-13-10-20-21-15(13)4-3-14(12)18-6-7-22-16(18)11-2-1-5-17-8-11/h1-8,16,19H,9-10H2. The van der Waals surface area contributed by atoms with Gasteiger partial charge in [0.25, 0.3) is 0 Å². The lowest BCUT2D eigenvalue weighted by Gasteiger charge is -2.27. The van der Waals surface area contributed by atoms with Crippen LogP contribution in [0.5, 0.6) is 5.75 Å². The zero-order valence-electron chi connectivity index (χ0n) is 11.7. The highest BCUT2D eigenvalue weighted by atomic mass is 32.2. The molecule has 3 heterocycles. The van der Waals surface area contributed by atoms with E-state index in [2.05, 4.69) is 21.4 Å². The molecular weight excluding hydrogens is 300 g/mol. The molecule has 1 N–H and O–H groups in total. The molecule has 5 nitrogen and oxygen atoms in total. The van der Waals surface area contributed by atoms with Crippen LogP contribution >= 0.6 is 11.8 Å². The van der Waals surface area contributed by atoms with Gasteiger partial charge in [0.05, 0.1) is 6.61 Å². The van der Waals surface area contributed by atoms with Gasteiger partial charge < -0.3 is 14.9 Å². The second-order valence-electron chi connectivity index (χ2n) is 5.01. The molecule has 0 amide bonds. The summed E-state index contributed by atoms with van der Waals surface area (Å²) in [6.07, 6.45) is 5.67. The largest absolute Gasteiger partial charge is 0.392 e. The SMILES string of the molecule is OCc1c(N2C=CSC2c2cccnc2)ccc2c1COO2. The van der Waals surface area contributed by atoms with Crippen molar-refractivity contribution in [3.8, 4) is 5.75 Å². The van der Waals surface area contributed by atoms with Gasteiger partial charge in [0, 0.05) is 41.0 Å². The summed E-state index contributed by atoms with van der Waals surface area (Å²) in [6, 6.07) is 7.83. The number of benzene rings is 1. The maximum absolute atomic E-state index is 9.82. The summed E-state index contributed by atoms with van der Waals surface area (Å²) in [7, 11) is 0. The Hall–Kier alpha value is -2.02. The Morgan fingerprint density at radius 2 is 2.32 bits per heavy atom. The first kappa shape index (κ1) is 13.6. The summed E-state index contributed by atoms with van der Waals surface area (Å²) < 4.78 is 0. The minimum absolute atomic E-state index is 0.0556. The number of rotatable bonds is 3. The lowest BCUT2D eigenvalue weighted by Crippen LogP contribution is -2.19. The normalized spacial score (nSPS) is 19.3. The first-order chi connectivity index (χ1) is 10.9. The molecule has 1 aromatic carbocycles. The van der Waals surface area contributed by atoms with Gasteiger partial charge in [-0.3, -0.25) is 4.98 Å². The summed E-state index contributed by atoms with van der Waals surface area (Å²) >= 11 is 1.71. The Labute approximate surface area is 132 Å². The molecule has 0 aliphatic carbocycles. The van der Waals surface area contributed by atoms with Crippen LogP contribution in [-0.4, -0.2) is 10.1 Å². The van der Waals surface area contributed by atoms with Gasteiger partial charge in [0.15, 0.2) is 5.75 Å². The molecule has 2 aliphatic heterocycles. The number of hydrogen-bond donors (Lipinski definition) is 1. The van der Waals surface area contributed by atoms with Crippen LogP contribution in [0.25, 0.3) is 0 Å². The van der Waals surface area contributed by atoms with Gasteiger partial charge in [0.2, 0.25) is 0 Å². The smallest absolute Gasteiger partial charge is 0.171 e.